The maximum absolute atomic E-state index is 12.2. The van der Waals surface area contributed by atoms with Crippen molar-refractivity contribution in [2.45, 2.75) is 38.4 Å². The summed E-state index contributed by atoms with van der Waals surface area (Å²) in [5, 5.41) is 9.23. The van der Waals surface area contributed by atoms with Crippen molar-refractivity contribution in [3.63, 3.8) is 0 Å². The molecule has 0 unspecified atom stereocenters. The summed E-state index contributed by atoms with van der Waals surface area (Å²) in [6.07, 6.45) is 2.65. The third-order valence-corrected chi connectivity index (χ3v) is 5.17. The second-order valence-electron chi connectivity index (χ2n) is 6.85. The molecule has 2 saturated heterocycles. The molecule has 2 aliphatic rings. The molecule has 0 aliphatic carbocycles. The van der Waals surface area contributed by atoms with Gasteiger partial charge in [0.1, 0.15) is 6.61 Å². The van der Waals surface area contributed by atoms with Crippen LogP contribution in [-0.2, 0) is 20.9 Å². The molecule has 2 fully saturated rings. The van der Waals surface area contributed by atoms with E-state index in [0.717, 1.165) is 24.8 Å². The Morgan fingerprint density at radius 2 is 1.88 bits per heavy atom. The summed E-state index contributed by atoms with van der Waals surface area (Å²) in [7, 11) is 0. The monoisotopic (exact) mass is 347 g/mol. The highest BCUT2D eigenvalue weighted by Crippen LogP contribution is 2.31. The van der Waals surface area contributed by atoms with Gasteiger partial charge in [-0.3, -0.25) is 4.79 Å². The third kappa shape index (κ3) is 4.72. The standard InChI is InChI=1S/C19H25NO5/c21-18(22)16-8-11-24-17(16)12-14-6-9-20(10-7-14)19(23)25-13-15-4-2-1-3-5-15/h1-5,14,16-17H,6-13H2,(H,21,22)/t16-,17-/m1/s1. The Labute approximate surface area is 147 Å². The van der Waals surface area contributed by atoms with Crippen molar-refractivity contribution < 1.29 is 24.2 Å². The normalized spacial score (nSPS) is 24.2. The Bertz CT molecular complexity index is 583. The topological polar surface area (TPSA) is 76.1 Å². The molecule has 0 bridgehead atoms. The number of hydrogen-bond acceptors (Lipinski definition) is 4. The molecule has 6 nitrogen and oxygen atoms in total. The van der Waals surface area contributed by atoms with E-state index in [1.807, 2.05) is 30.3 Å². The fourth-order valence-corrected chi connectivity index (χ4v) is 3.65. The molecule has 1 aromatic carbocycles. The number of piperidine rings is 1. The summed E-state index contributed by atoms with van der Waals surface area (Å²) in [5.41, 5.74) is 0.976. The van der Waals surface area contributed by atoms with Gasteiger partial charge in [-0.05, 0) is 37.2 Å². The summed E-state index contributed by atoms with van der Waals surface area (Å²) >= 11 is 0. The minimum atomic E-state index is -0.760. The van der Waals surface area contributed by atoms with Gasteiger partial charge in [-0.2, -0.15) is 0 Å². The Morgan fingerprint density at radius 3 is 2.56 bits per heavy atom. The smallest absolute Gasteiger partial charge is 0.410 e. The van der Waals surface area contributed by atoms with Crippen LogP contribution >= 0.6 is 0 Å². The Balaban J connectivity index is 1.41. The summed E-state index contributed by atoms with van der Waals surface area (Å²) < 4.78 is 11.0. The number of carbonyl (C=O) groups is 2. The lowest BCUT2D eigenvalue weighted by Crippen LogP contribution is -2.40. The molecule has 0 spiro atoms. The molecule has 2 heterocycles. The number of hydrogen-bond donors (Lipinski definition) is 1. The molecule has 2 aliphatic heterocycles. The van der Waals surface area contributed by atoms with Gasteiger partial charge in [0, 0.05) is 19.7 Å². The molecule has 136 valence electrons. The van der Waals surface area contributed by atoms with Crippen molar-refractivity contribution in [2.24, 2.45) is 11.8 Å². The van der Waals surface area contributed by atoms with Crippen LogP contribution in [-0.4, -0.2) is 47.9 Å². The number of aliphatic carboxylic acids is 1. The quantitative estimate of drug-likeness (QED) is 0.886. The van der Waals surface area contributed by atoms with Crippen LogP contribution in [0.1, 0.15) is 31.2 Å². The van der Waals surface area contributed by atoms with Crippen LogP contribution in [0.15, 0.2) is 30.3 Å². The second-order valence-corrected chi connectivity index (χ2v) is 6.85. The van der Waals surface area contributed by atoms with Crippen LogP contribution in [0.5, 0.6) is 0 Å². The van der Waals surface area contributed by atoms with Crippen LogP contribution in [0.25, 0.3) is 0 Å². The summed E-state index contributed by atoms with van der Waals surface area (Å²) in [6.45, 7) is 2.13. The van der Waals surface area contributed by atoms with E-state index in [0.29, 0.717) is 32.0 Å². The highest BCUT2D eigenvalue weighted by atomic mass is 16.6. The number of nitrogens with zero attached hydrogens (tertiary/aromatic N) is 1. The maximum atomic E-state index is 12.2. The lowest BCUT2D eigenvalue weighted by molar-refractivity contribution is -0.143. The van der Waals surface area contributed by atoms with Gasteiger partial charge in [-0.15, -0.1) is 0 Å². The van der Waals surface area contributed by atoms with Gasteiger partial charge in [0.25, 0.3) is 0 Å². The summed E-state index contributed by atoms with van der Waals surface area (Å²) in [4.78, 5) is 25.1. The number of carbonyl (C=O) groups excluding carboxylic acids is 1. The molecule has 2 atom stereocenters. The van der Waals surface area contributed by atoms with E-state index >= 15 is 0 Å². The zero-order valence-corrected chi connectivity index (χ0v) is 14.3. The van der Waals surface area contributed by atoms with E-state index < -0.39 is 5.97 Å². The first-order valence-electron chi connectivity index (χ1n) is 8.93. The van der Waals surface area contributed by atoms with Gasteiger partial charge < -0.3 is 19.5 Å². The van der Waals surface area contributed by atoms with Crippen LogP contribution in [0.4, 0.5) is 4.79 Å². The van der Waals surface area contributed by atoms with Gasteiger partial charge in [-0.25, -0.2) is 4.79 Å². The molecule has 6 heteroatoms. The van der Waals surface area contributed by atoms with Crippen molar-refractivity contribution in [3.8, 4) is 0 Å². The number of likely N-dealkylation sites (tertiary alicyclic amines) is 1. The zero-order valence-electron chi connectivity index (χ0n) is 14.3. The van der Waals surface area contributed by atoms with E-state index in [4.69, 9.17) is 9.47 Å². The highest BCUT2D eigenvalue weighted by molar-refractivity contribution is 5.71. The van der Waals surface area contributed by atoms with Gasteiger partial charge in [0.15, 0.2) is 0 Å². The predicted octanol–water partition coefficient (Wildman–Crippen LogP) is 2.92. The number of benzene rings is 1. The van der Waals surface area contributed by atoms with Crippen LogP contribution in [0.3, 0.4) is 0 Å². The van der Waals surface area contributed by atoms with E-state index in [1.165, 1.54) is 0 Å². The fraction of sp³-hybridized carbons (Fsp3) is 0.579. The molecule has 3 rings (SSSR count). The molecule has 0 aromatic heterocycles. The Kier molecular flexibility index (Phi) is 5.91. The molecule has 0 saturated carbocycles. The van der Waals surface area contributed by atoms with E-state index in [1.54, 1.807) is 4.90 Å². The van der Waals surface area contributed by atoms with Crippen molar-refractivity contribution in [2.75, 3.05) is 19.7 Å². The lowest BCUT2D eigenvalue weighted by atomic mass is 9.87. The first-order valence-corrected chi connectivity index (χ1v) is 8.93. The Hall–Kier alpha value is -2.08. The Morgan fingerprint density at radius 1 is 1.16 bits per heavy atom. The van der Waals surface area contributed by atoms with Crippen LogP contribution in [0, 0.1) is 11.8 Å². The molecular formula is C19H25NO5. The summed E-state index contributed by atoms with van der Waals surface area (Å²) in [5.74, 6) is -0.735. The predicted molar refractivity (Wildman–Crippen MR) is 91.0 cm³/mol. The molecular weight excluding hydrogens is 322 g/mol. The molecule has 25 heavy (non-hydrogen) atoms. The SMILES string of the molecule is O=C(O)[C@@H]1CCO[C@@H]1CC1CCN(C(=O)OCc2ccccc2)CC1. The average Bonchev–Trinajstić information content (AvgIpc) is 3.09. The maximum Gasteiger partial charge on any atom is 0.410 e. The molecule has 1 aromatic rings. The number of amides is 1. The van der Waals surface area contributed by atoms with Gasteiger partial charge in [0.05, 0.1) is 12.0 Å². The number of ether oxygens (including phenoxy) is 2. The fourth-order valence-electron chi connectivity index (χ4n) is 3.65. The van der Waals surface area contributed by atoms with Crippen molar-refractivity contribution in [1.29, 1.82) is 0 Å². The number of rotatable bonds is 5. The minimum Gasteiger partial charge on any atom is -0.481 e. The zero-order chi connectivity index (χ0) is 17.6. The van der Waals surface area contributed by atoms with Crippen molar-refractivity contribution >= 4 is 12.1 Å². The third-order valence-electron chi connectivity index (χ3n) is 5.17. The van der Waals surface area contributed by atoms with E-state index in [9.17, 15) is 14.7 Å². The first-order chi connectivity index (χ1) is 12.1. The van der Waals surface area contributed by atoms with Gasteiger partial charge >= 0.3 is 12.1 Å². The molecule has 0 radical (unpaired) electrons. The van der Waals surface area contributed by atoms with Gasteiger partial charge in [0.2, 0.25) is 0 Å². The van der Waals surface area contributed by atoms with Crippen LogP contribution in [0.2, 0.25) is 0 Å². The van der Waals surface area contributed by atoms with E-state index in [2.05, 4.69) is 0 Å². The van der Waals surface area contributed by atoms with Gasteiger partial charge in [-0.1, -0.05) is 30.3 Å². The molecule has 1 amide bonds. The highest BCUT2D eigenvalue weighted by Gasteiger charge is 2.36. The minimum absolute atomic E-state index is 0.181. The first kappa shape index (κ1) is 17.7. The van der Waals surface area contributed by atoms with Crippen molar-refractivity contribution in [3.05, 3.63) is 35.9 Å². The second kappa shape index (κ2) is 8.34. The lowest BCUT2D eigenvalue weighted by Gasteiger charge is -2.32. The largest absolute Gasteiger partial charge is 0.481 e. The average molecular weight is 347 g/mol. The summed E-state index contributed by atoms with van der Waals surface area (Å²) in [6, 6.07) is 9.63. The van der Waals surface area contributed by atoms with Crippen LogP contribution < -0.4 is 0 Å². The van der Waals surface area contributed by atoms with E-state index in [-0.39, 0.29) is 24.7 Å². The number of carboxylic acids is 1. The number of carboxylic acid groups (broad SMARTS) is 1. The molecule has 1 N–H and O–H groups in total. The van der Waals surface area contributed by atoms with Crippen molar-refractivity contribution in [1.82, 2.24) is 4.90 Å².